The molecule has 1 aromatic rings. The van der Waals surface area contributed by atoms with E-state index in [1.165, 1.54) is 0 Å². The predicted molar refractivity (Wildman–Crippen MR) is 82.9 cm³/mol. The highest BCUT2D eigenvalue weighted by molar-refractivity contribution is 5.94. The van der Waals surface area contributed by atoms with E-state index in [2.05, 4.69) is 15.6 Å². The van der Waals surface area contributed by atoms with E-state index in [0.29, 0.717) is 18.7 Å². The van der Waals surface area contributed by atoms with Crippen molar-refractivity contribution in [2.45, 2.75) is 18.4 Å². The van der Waals surface area contributed by atoms with Gasteiger partial charge >= 0.3 is 0 Å². The van der Waals surface area contributed by atoms with Gasteiger partial charge in [-0.05, 0) is 31.5 Å². The number of carbonyl (C=O) groups is 1. The molecule has 20 heavy (non-hydrogen) atoms. The third-order valence-corrected chi connectivity index (χ3v) is 3.28. The first kappa shape index (κ1) is 19.1. The Morgan fingerprint density at radius 1 is 1.45 bits per heavy atom. The minimum atomic E-state index is -0.114. The van der Waals surface area contributed by atoms with Crippen molar-refractivity contribution in [3.63, 3.8) is 0 Å². The van der Waals surface area contributed by atoms with Crippen LogP contribution in [-0.2, 0) is 4.74 Å². The number of hydrogen-bond donors (Lipinski definition) is 2. The number of nitrogens with zero attached hydrogens (tertiary/aromatic N) is 1. The standard InChI is InChI=1S/C13H19N3O2.2ClH/c1-18-10-13(5-2-6-16-13)9-15-12(17)11-3-7-14-8-4-11;;/h3-4,7-8,16H,2,5-6,9-10H2,1H3,(H,15,17);2*1H. The van der Waals surface area contributed by atoms with Crippen LogP contribution in [0.2, 0.25) is 0 Å². The summed E-state index contributed by atoms with van der Waals surface area (Å²) in [6, 6.07) is 3.42. The zero-order chi connectivity index (χ0) is 12.8. The van der Waals surface area contributed by atoms with Crippen molar-refractivity contribution < 1.29 is 9.53 Å². The molecular weight excluding hydrogens is 301 g/mol. The van der Waals surface area contributed by atoms with E-state index in [4.69, 9.17) is 4.74 Å². The molecule has 1 fully saturated rings. The fourth-order valence-corrected chi connectivity index (χ4v) is 2.32. The number of nitrogens with one attached hydrogen (secondary N) is 2. The molecule has 2 N–H and O–H groups in total. The lowest BCUT2D eigenvalue weighted by atomic mass is 9.98. The lowest BCUT2D eigenvalue weighted by Crippen LogP contribution is -2.52. The van der Waals surface area contributed by atoms with E-state index in [1.54, 1.807) is 31.6 Å². The largest absolute Gasteiger partial charge is 0.383 e. The van der Waals surface area contributed by atoms with E-state index in [9.17, 15) is 4.79 Å². The fourth-order valence-electron chi connectivity index (χ4n) is 2.32. The monoisotopic (exact) mass is 321 g/mol. The number of amides is 1. The Morgan fingerprint density at radius 2 is 2.15 bits per heavy atom. The van der Waals surface area contributed by atoms with Crippen LogP contribution in [0.5, 0.6) is 0 Å². The maximum Gasteiger partial charge on any atom is 0.251 e. The molecule has 1 aliphatic heterocycles. The molecule has 0 saturated carbocycles. The van der Waals surface area contributed by atoms with Crippen LogP contribution in [-0.4, -0.2) is 43.2 Å². The van der Waals surface area contributed by atoms with Gasteiger partial charge in [-0.1, -0.05) is 0 Å². The number of ether oxygens (including phenoxy) is 1. The summed E-state index contributed by atoms with van der Waals surface area (Å²) in [6.45, 7) is 2.18. The molecule has 0 bridgehead atoms. The van der Waals surface area contributed by atoms with Gasteiger partial charge in [-0.15, -0.1) is 24.8 Å². The molecular formula is C13H21Cl2N3O2. The van der Waals surface area contributed by atoms with E-state index in [0.717, 1.165) is 19.4 Å². The highest BCUT2D eigenvalue weighted by Gasteiger charge is 2.33. The Bertz CT molecular complexity index is 398. The summed E-state index contributed by atoms with van der Waals surface area (Å²) in [5.74, 6) is -0.0680. The van der Waals surface area contributed by atoms with Gasteiger partial charge in [0, 0.05) is 31.6 Å². The van der Waals surface area contributed by atoms with Gasteiger partial charge in [0.2, 0.25) is 0 Å². The Hall–Kier alpha value is -0.880. The van der Waals surface area contributed by atoms with Gasteiger partial charge < -0.3 is 15.4 Å². The van der Waals surface area contributed by atoms with Gasteiger partial charge in [0.05, 0.1) is 12.1 Å². The van der Waals surface area contributed by atoms with Crippen molar-refractivity contribution in [1.29, 1.82) is 0 Å². The van der Waals surface area contributed by atoms with Crippen LogP contribution in [0.25, 0.3) is 0 Å². The summed E-state index contributed by atoms with van der Waals surface area (Å²) in [6.07, 6.45) is 5.38. The summed E-state index contributed by atoms with van der Waals surface area (Å²) >= 11 is 0. The second-order valence-electron chi connectivity index (χ2n) is 4.66. The zero-order valence-electron chi connectivity index (χ0n) is 11.4. The van der Waals surface area contributed by atoms with Gasteiger partial charge in [0.15, 0.2) is 0 Å². The smallest absolute Gasteiger partial charge is 0.251 e. The molecule has 1 atom stereocenters. The van der Waals surface area contributed by atoms with Crippen LogP contribution >= 0.6 is 24.8 Å². The third kappa shape index (κ3) is 4.90. The molecule has 2 heterocycles. The first-order valence-corrected chi connectivity index (χ1v) is 6.18. The minimum absolute atomic E-state index is 0. The summed E-state index contributed by atoms with van der Waals surface area (Å²) in [7, 11) is 1.69. The van der Waals surface area contributed by atoms with Crippen LogP contribution in [0, 0.1) is 0 Å². The van der Waals surface area contributed by atoms with Crippen LogP contribution in [0.15, 0.2) is 24.5 Å². The van der Waals surface area contributed by atoms with Gasteiger partial charge in [-0.2, -0.15) is 0 Å². The minimum Gasteiger partial charge on any atom is -0.383 e. The van der Waals surface area contributed by atoms with Crippen molar-refractivity contribution in [1.82, 2.24) is 15.6 Å². The highest BCUT2D eigenvalue weighted by atomic mass is 35.5. The highest BCUT2D eigenvalue weighted by Crippen LogP contribution is 2.18. The van der Waals surface area contributed by atoms with Gasteiger partial charge in [0.1, 0.15) is 0 Å². The van der Waals surface area contributed by atoms with Crippen molar-refractivity contribution in [3.05, 3.63) is 30.1 Å². The number of pyridine rings is 1. The van der Waals surface area contributed by atoms with Crippen molar-refractivity contribution >= 4 is 30.7 Å². The van der Waals surface area contributed by atoms with Crippen molar-refractivity contribution in [3.8, 4) is 0 Å². The topological polar surface area (TPSA) is 63.2 Å². The van der Waals surface area contributed by atoms with E-state index < -0.39 is 0 Å². The number of methoxy groups -OCH3 is 1. The molecule has 5 nitrogen and oxygen atoms in total. The van der Waals surface area contributed by atoms with Crippen molar-refractivity contribution in [2.75, 3.05) is 26.8 Å². The molecule has 114 valence electrons. The zero-order valence-corrected chi connectivity index (χ0v) is 13.1. The molecule has 2 rings (SSSR count). The summed E-state index contributed by atoms with van der Waals surface area (Å²) in [4.78, 5) is 15.8. The molecule has 7 heteroatoms. The number of aromatic nitrogens is 1. The second-order valence-corrected chi connectivity index (χ2v) is 4.66. The summed E-state index contributed by atoms with van der Waals surface area (Å²) in [5.41, 5.74) is 0.521. The SMILES string of the molecule is COCC1(CNC(=O)c2ccncc2)CCCN1.Cl.Cl. The quantitative estimate of drug-likeness (QED) is 0.861. The van der Waals surface area contributed by atoms with E-state index in [-0.39, 0.29) is 36.3 Å². The Labute approximate surface area is 131 Å². The molecule has 0 aromatic carbocycles. The Kier molecular flexibility index (Phi) is 8.73. The predicted octanol–water partition coefficient (Wildman–Crippen LogP) is 1.42. The lowest BCUT2D eigenvalue weighted by Gasteiger charge is -2.28. The molecule has 1 aromatic heterocycles. The first-order valence-electron chi connectivity index (χ1n) is 6.18. The molecule has 1 aliphatic rings. The van der Waals surface area contributed by atoms with E-state index >= 15 is 0 Å². The Morgan fingerprint density at radius 3 is 2.70 bits per heavy atom. The van der Waals surface area contributed by atoms with E-state index in [1.807, 2.05) is 0 Å². The van der Waals surface area contributed by atoms with Crippen LogP contribution in [0.3, 0.4) is 0 Å². The van der Waals surface area contributed by atoms with Crippen LogP contribution in [0.4, 0.5) is 0 Å². The third-order valence-electron chi connectivity index (χ3n) is 3.28. The second kappa shape index (κ2) is 9.13. The average Bonchev–Trinajstić information content (AvgIpc) is 2.87. The molecule has 0 spiro atoms. The first-order chi connectivity index (χ1) is 8.76. The fraction of sp³-hybridized carbons (Fsp3) is 0.538. The molecule has 1 amide bonds. The number of carbonyl (C=O) groups excluding carboxylic acids is 1. The molecule has 1 saturated heterocycles. The molecule has 0 radical (unpaired) electrons. The normalized spacial score (nSPS) is 20.6. The van der Waals surface area contributed by atoms with Gasteiger partial charge in [-0.25, -0.2) is 0 Å². The van der Waals surface area contributed by atoms with Gasteiger partial charge in [-0.3, -0.25) is 9.78 Å². The number of halogens is 2. The summed E-state index contributed by atoms with van der Waals surface area (Å²) in [5, 5.41) is 6.38. The molecule has 0 aliphatic carbocycles. The number of rotatable bonds is 5. The number of hydrogen-bond acceptors (Lipinski definition) is 4. The molecule has 1 unspecified atom stereocenters. The maximum atomic E-state index is 11.9. The Balaban J connectivity index is 0.00000180. The lowest BCUT2D eigenvalue weighted by molar-refractivity contribution is 0.0892. The average molecular weight is 322 g/mol. The van der Waals surface area contributed by atoms with Crippen LogP contribution < -0.4 is 10.6 Å². The maximum absolute atomic E-state index is 11.9. The van der Waals surface area contributed by atoms with Crippen LogP contribution in [0.1, 0.15) is 23.2 Å². The van der Waals surface area contributed by atoms with Crippen molar-refractivity contribution in [2.24, 2.45) is 0 Å². The van der Waals surface area contributed by atoms with Gasteiger partial charge in [0.25, 0.3) is 5.91 Å². The summed E-state index contributed by atoms with van der Waals surface area (Å²) < 4.78 is 5.24.